The van der Waals surface area contributed by atoms with Crippen molar-refractivity contribution in [3.63, 3.8) is 0 Å². The molecule has 8 heteroatoms. The van der Waals surface area contributed by atoms with E-state index in [4.69, 9.17) is 11.6 Å². The van der Waals surface area contributed by atoms with E-state index < -0.39 is 10.0 Å². The molecule has 0 fully saturated rings. The van der Waals surface area contributed by atoms with E-state index in [1.165, 1.54) is 17.4 Å². The Hall–Kier alpha value is -1.15. The Labute approximate surface area is 135 Å². The van der Waals surface area contributed by atoms with Crippen molar-refractivity contribution < 1.29 is 8.42 Å². The quantitative estimate of drug-likeness (QED) is 0.753. The van der Waals surface area contributed by atoms with Crippen LogP contribution in [0.5, 0.6) is 0 Å². The van der Waals surface area contributed by atoms with Gasteiger partial charge in [0.1, 0.15) is 4.21 Å². The second-order valence-electron chi connectivity index (χ2n) is 4.61. The predicted molar refractivity (Wildman–Crippen MR) is 89.2 cm³/mol. The molecule has 0 unspecified atom stereocenters. The van der Waals surface area contributed by atoms with Crippen molar-refractivity contribution in [2.45, 2.75) is 18.1 Å². The summed E-state index contributed by atoms with van der Waals surface area (Å²) in [7, 11) is -3.63. The molecule has 0 bridgehead atoms. The summed E-state index contributed by atoms with van der Waals surface area (Å²) in [6.07, 6.45) is 0. The average Bonchev–Trinajstić information content (AvgIpc) is 2.95. The molecular weight excluding hydrogens is 348 g/mol. The highest BCUT2D eigenvalue weighted by atomic mass is 35.5. The second-order valence-corrected chi connectivity index (χ2v) is 9.27. The summed E-state index contributed by atoms with van der Waals surface area (Å²) >= 11 is 8.13. The summed E-state index contributed by atoms with van der Waals surface area (Å²) in [6.45, 7) is 3.97. The van der Waals surface area contributed by atoms with Crippen LogP contribution in [0.1, 0.15) is 11.1 Å². The Morgan fingerprint density at radius 1 is 1.19 bits per heavy atom. The maximum atomic E-state index is 12.3. The number of aryl methyl sites for hydroxylation is 2. The summed E-state index contributed by atoms with van der Waals surface area (Å²) < 4.78 is 28.6. The van der Waals surface area contributed by atoms with Crippen LogP contribution in [0.15, 0.2) is 28.5 Å². The first-order valence-corrected chi connectivity index (χ1v) is 9.50. The normalized spacial score (nSPS) is 12.0. The smallest absolute Gasteiger partial charge is 0.254 e. The van der Waals surface area contributed by atoms with E-state index in [1.807, 2.05) is 26.0 Å². The highest BCUT2D eigenvalue weighted by molar-refractivity contribution is 7.95. The first-order valence-electron chi connectivity index (χ1n) is 6.01. The number of hydrogen-bond acceptors (Lipinski definition) is 5. The molecule has 1 N–H and O–H groups in total. The zero-order valence-electron chi connectivity index (χ0n) is 11.2. The molecule has 3 aromatic rings. The van der Waals surface area contributed by atoms with Crippen LogP contribution in [0.2, 0.25) is 4.34 Å². The number of aromatic nitrogens is 1. The van der Waals surface area contributed by atoms with Crippen LogP contribution in [0.3, 0.4) is 0 Å². The number of nitrogens with zero attached hydrogens (tertiary/aromatic N) is 1. The lowest BCUT2D eigenvalue weighted by molar-refractivity contribution is 0.603. The summed E-state index contributed by atoms with van der Waals surface area (Å²) in [6, 6.07) is 7.07. The molecule has 0 radical (unpaired) electrons. The van der Waals surface area contributed by atoms with Crippen molar-refractivity contribution >= 4 is 59.6 Å². The number of rotatable bonds is 3. The van der Waals surface area contributed by atoms with Crippen LogP contribution < -0.4 is 4.72 Å². The number of benzene rings is 1. The second kappa shape index (κ2) is 5.24. The van der Waals surface area contributed by atoms with Crippen molar-refractivity contribution in [3.05, 3.63) is 39.7 Å². The number of thiazole rings is 1. The SMILES string of the molecule is Cc1cc(C)c2nc(NS(=O)(=O)c3ccc(Cl)s3)sc2c1. The van der Waals surface area contributed by atoms with Gasteiger partial charge in [-0.1, -0.05) is 29.0 Å². The van der Waals surface area contributed by atoms with Gasteiger partial charge >= 0.3 is 0 Å². The van der Waals surface area contributed by atoms with Crippen molar-refractivity contribution in [1.29, 1.82) is 0 Å². The molecule has 3 rings (SSSR count). The Balaban J connectivity index is 2.00. The lowest BCUT2D eigenvalue weighted by atomic mass is 10.1. The van der Waals surface area contributed by atoms with E-state index in [1.54, 1.807) is 6.07 Å². The highest BCUT2D eigenvalue weighted by Gasteiger charge is 2.19. The molecule has 0 aliphatic heterocycles. The fourth-order valence-corrected chi connectivity index (χ4v) is 5.78. The fourth-order valence-electron chi connectivity index (χ4n) is 2.02. The number of anilines is 1. The van der Waals surface area contributed by atoms with E-state index in [-0.39, 0.29) is 4.21 Å². The molecule has 1 aromatic carbocycles. The van der Waals surface area contributed by atoms with Crippen molar-refractivity contribution in [3.8, 4) is 0 Å². The Bertz CT molecular complexity index is 928. The van der Waals surface area contributed by atoms with E-state index in [0.29, 0.717) is 9.47 Å². The van der Waals surface area contributed by atoms with Gasteiger partial charge in [-0.25, -0.2) is 13.4 Å². The minimum Gasteiger partial charge on any atom is -0.254 e. The van der Waals surface area contributed by atoms with E-state index in [2.05, 4.69) is 9.71 Å². The predicted octanol–water partition coefficient (Wildman–Crippen LogP) is 4.43. The number of nitrogens with one attached hydrogen (secondary N) is 1. The van der Waals surface area contributed by atoms with Crippen LogP contribution in [0.4, 0.5) is 5.13 Å². The molecule has 0 atom stereocenters. The van der Waals surface area contributed by atoms with Gasteiger partial charge in [0, 0.05) is 0 Å². The zero-order chi connectivity index (χ0) is 15.2. The zero-order valence-corrected chi connectivity index (χ0v) is 14.4. The monoisotopic (exact) mass is 358 g/mol. The number of halogens is 1. The van der Waals surface area contributed by atoms with Gasteiger partial charge in [0.05, 0.1) is 14.6 Å². The van der Waals surface area contributed by atoms with E-state index >= 15 is 0 Å². The summed E-state index contributed by atoms with van der Waals surface area (Å²) in [4.78, 5) is 4.37. The molecular formula is C13H11ClN2O2S3. The van der Waals surface area contributed by atoms with Crippen LogP contribution in [0, 0.1) is 13.8 Å². The van der Waals surface area contributed by atoms with Crippen LogP contribution >= 0.6 is 34.3 Å². The van der Waals surface area contributed by atoms with E-state index in [0.717, 1.165) is 32.7 Å². The van der Waals surface area contributed by atoms with Crippen LogP contribution in [-0.2, 0) is 10.0 Å². The third kappa shape index (κ3) is 2.91. The Morgan fingerprint density at radius 2 is 1.95 bits per heavy atom. The lowest BCUT2D eigenvalue weighted by Crippen LogP contribution is -2.11. The largest absolute Gasteiger partial charge is 0.273 e. The summed E-state index contributed by atoms with van der Waals surface area (Å²) in [5.41, 5.74) is 2.99. The molecule has 0 saturated heterocycles. The fraction of sp³-hybridized carbons (Fsp3) is 0.154. The van der Waals surface area contributed by atoms with Gasteiger partial charge in [-0.3, -0.25) is 4.72 Å². The van der Waals surface area contributed by atoms with Gasteiger partial charge in [-0.15, -0.1) is 11.3 Å². The average molecular weight is 359 g/mol. The van der Waals surface area contributed by atoms with Crippen LogP contribution in [0.25, 0.3) is 10.2 Å². The third-order valence-electron chi connectivity index (χ3n) is 2.86. The summed E-state index contributed by atoms with van der Waals surface area (Å²) in [5, 5.41) is 0.364. The highest BCUT2D eigenvalue weighted by Crippen LogP contribution is 2.32. The molecule has 21 heavy (non-hydrogen) atoms. The molecule has 0 aliphatic carbocycles. The number of thiophene rings is 1. The number of hydrogen-bond donors (Lipinski definition) is 1. The number of sulfonamides is 1. The summed E-state index contributed by atoms with van der Waals surface area (Å²) in [5.74, 6) is 0. The molecule has 0 amide bonds. The van der Waals surface area contributed by atoms with Crippen LogP contribution in [-0.4, -0.2) is 13.4 Å². The third-order valence-corrected chi connectivity index (χ3v) is 6.97. The van der Waals surface area contributed by atoms with Crippen molar-refractivity contribution in [1.82, 2.24) is 4.98 Å². The first-order chi connectivity index (χ1) is 9.85. The molecule has 2 aromatic heterocycles. The Kier molecular flexibility index (Phi) is 3.69. The molecule has 0 saturated carbocycles. The molecule has 0 aliphatic rings. The maximum absolute atomic E-state index is 12.3. The van der Waals surface area contributed by atoms with Gasteiger partial charge in [0.15, 0.2) is 5.13 Å². The van der Waals surface area contributed by atoms with Crippen molar-refractivity contribution in [2.75, 3.05) is 4.72 Å². The van der Waals surface area contributed by atoms with Gasteiger partial charge in [0.2, 0.25) is 0 Å². The van der Waals surface area contributed by atoms with Gasteiger partial charge in [-0.2, -0.15) is 0 Å². The molecule has 4 nitrogen and oxygen atoms in total. The van der Waals surface area contributed by atoms with Gasteiger partial charge < -0.3 is 0 Å². The Morgan fingerprint density at radius 3 is 2.62 bits per heavy atom. The molecule has 110 valence electrons. The molecule has 2 heterocycles. The molecule has 0 spiro atoms. The standard InChI is InChI=1S/C13H11ClN2O2S3/c1-7-5-8(2)12-9(6-7)19-13(15-12)16-21(17,18)11-4-3-10(14)20-11/h3-6H,1-2H3,(H,15,16). The topological polar surface area (TPSA) is 59.1 Å². The number of fused-ring (bicyclic) bond motifs is 1. The van der Waals surface area contributed by atoms with Crippen molar-refractivity contribution in [2.24, 2.45) is 0 Å². The minimum atomic E-state index is -3.63. The minimum absolute atomic E-state index is 0.180. The first kappa shape index (κ1) is 14.8. The maximum Gasteiger partial charge on any atom is 0.273 e. The lowest BCUT2D eigenvalue weighted by Gasteiger charge is -2.01. The van der Waals surface area contributed by atoms with Gasteiger partial charge in [-0.05, 0) is 43.2 Å². The van der Waals surface area contributed by atoms with E-state index in [9.17, 15) is 8.42 Å². The van der Waals surface area contributed by atoms with Gasteiger partial charge in [0.25, 0.3) is 10.0 Å².